The molecule has 1 saturated heterocycles. The van der Waals surface area contributed by atoms with Gasteiger partial charge in [-0.15, -0.1) is 0 Å². The summed E-state index contributed by atoms with van der Waals surface area (Å²) in [5.41, 5.74) is 3.64. The molecule has 3 aromatic rings. The Morgan fingerprint density at radius 2 is 1.60 bits per heavy atom. The SMILES string of the molecule is Cc1ccc2oc(=O)cc(N3CCN(c4ccc(Cl)cc4)CC3)c2c1. The number of benzene rings is 2. The van der Waals surface area contributed by atoms with Gasteiger partial charge in [-0.1, -0.05) is 23.2 Å². The molecule has 0 radical (unpaired) electrons. The zero-order valence-corrected chi connectivity index (χ0v) is 14.8. The molecular weight excluding hydrogens is 336 g/mol. The number of anilines is 2. The fraction of sp³-hybridized carbons (Fsp3) is 0.250. The second-order valence-corrected chi connectivity index (χ2v) is 6.84. The Labute approximate surface area is 151 Å². The number of hydrogen-bond acceptors (Lipinski definition) is 4. The lowest BCUT2D eigenvalue weighted by atomic mass is 10.1. The number of piperazine rings is 1. The van der Waals surface area contributed by atoms with Crippen LogP contribution in [-0.2, 0) is 0 Å². The summed E-state index contributed by atoms with van der Waals surface area (Å²) in [4.78, 5) is 16.5. The second kappa shape index (κ2) is 6.45. The molecule has 0 unspecified atom stereocenters. The van der Waals surface area contributed by atoms with E-state index in [-0.39, 0.29) is 5.63 Å². The molecule has 5 heteroatoms. The first kappa shape index (κ1) is 16.0. The van der Waals surface area contributed by atoms with Crippen molar-refractivity contribution in [2.24, 2.45) is 0 Å². The second-order valence-electron chi connectivity index (χ2n) is 6.40. The molecule has 1 fully saturated rings. The predicted octanol–water partition coefficient (Wildman–Crippen LogP) is 4.08. The highest BCUT2D eigenvalue weighted by Gasteiger charge is 2.20. The number of rotatable bonds is 2. The number of halogens is 1. The zero-order chi connectivity index (χ0) is 17.4. The number of nitrogens with zero attached hydrogens (tertiary/aromatic N) is 2. The molecule has 1 aliphatic heterocycles. The van der Waals surface area contributed by atoms with Gasteiger partial charge in [0.05, 0.1) is 5.69 Å². The Kier molecular flexibility index (Phi) is 4.14. The maximum atomic E-state index is 11.9. The van der Waals surface area contributed by atoms with Crippen molar-refractivity contribution in [3.8, 4) is 0 Å². The van der Waals surface area contributed by atoms with Crippen molar-refractivity contribution < 1.29 is 4.42 Å². The molecule has 2 heterocycles. The van der Waals surface area contributed by atoms with Gasteiger partial charge in [-0.25, -0.2) is 4.79 Å². The number of hydrogen-bond donors (Lipinski definition) is 0. The molecule has 0 N–H and O–H groups in total. The van der Waals surface area contributed by atoms with Crippen molar-refractivity contribution in [1.82, 2.24) is 0 Å². The van der Waals surface area contributed by atoms with E-state index in [0.717, 1.165) is 47.8 Å². The summed E-state index contributed by atoms with van der Waals surface area (Å²) >= 11 is 5.97. The summed E-state index contributed by atoms with van der Waals surface area (Å²) in [6.07, 6.45) is 0. The Balaban J connectivity index is 1.60. The first-order chi connectivity index (χ1) is 12.1. The molecule has 128 valence electrons. The van der Waals surface area contributed by atoms with Crippen LogP contribution in [0, 0.1) is 6.92 Å². The molecule has 0 aliphatic carbocycles. The third kappa shape index (κ3) is 3.22. The van der Waals surface area contributed by atoms with Crippen molar-refractivity contribution in [2.45, 2.75) is 6.92 Å². The highest BCUT2D eigenvalue weighted by Crippen LogP contribution is 2.28. The van der Waals surface area contributed by atoms with Gasteiger partial charge in [0.25, 0.3) is 0 Å². The maximum Gasteiger partial charge on any atom is 0.338 e. The van der Waals surface area contributed by atoms with Gasteiger partial charge in [-0.2, -0.15) is 0 Å². The molecule has 0 amide bonds. The standard InChI is InChI=1S/C20H19ClN2O2/c1-14-2-7-19-17(12-14)18(13-20(24)25-19)23-10-8-22(9-11-23)16-5-3-15(21)4-6-16/h2-7,12-13H,8-11H2,1H3. The molecule has 0 atom stereocenters. The fourth-order valence-electron chi connectivity index (χ4n) is 3.38. The van der Waals surface area contributed by atoms with Crippen molar-refractivity contribution >= 4 is 33.9 Å². The quantitative estimate of drug-likeness (QED) is 0.650. The Morgan fingerprint density at radius 1 is 0.920 bits per heavy atom. The van der Waals surface area contributed by atoms with E-state index >= 15 is 0 Å². The average molecular weight is 355 g/mol. The molecule has 1 aliphatic rings. The van der Waals surface area contributed by atoms with Crippen LogP contribution in [-0.4, -0.2) is 26.2 Å². The predicted molar refractivity (Wildman–Crippen MR) is 103 cm³/mol. The molecule has 4 nitrogen and oxygen atoms in total. The van der Waals surface area contributed by atoms with E-state index in [0.29, 0.717) is 5.58 Å². The summed E-state index contributed by atoms with van der Waals surface area (Å²) in [5.74, 6) is 0. The smallest absolute Gasteiger partial charge is 0.338 e. The van der Waals surface area contributed by atoms with Crippen LogP contribution in [0.2, 0.25) is 5.02 Å². The van der Waals surface area contributed by atoms with Crippen LogP contribution in [0.15, 0.2) is 57.7 Å². The van der Waals surface area contributed by atoms with Crippen molar-refractivity contribution in [3.63, 3.8) is 0 Å². The van der Waals surface area contributed by atoms with Gasteiger partial charge < -0.3 is 14.2 Å². The van der Waals surface area contributed by atoms with E-state index in [1.54, 1.807) is 6.07 Å². The molecule has 25 heavy (non-hydrogen) atoms. The third-order valence-corrected chi connectivity index (χ3v) is 4.94. The van der Waals surface area contributed by atoms with Crippen LogP contribution in [0.1, 0.15) is 5.56 Å². The van der Waals surface area contributed by atoms with Gasteiger partial charge in [0.2, 0.25) is 0 Å². The van der Waals surface area contributed by atoms with Crippen LogP contribution >= 0.6 is 11.6 Å². The monoisotopic (exact) mass is 354 g/mol. The first-order valence-corrected chi connectivity index (χ1v) is 8.78. The third-order valence-electron chi connectivity index (χ3n) is 4.69. The van der Waals surface area contributed by atoms with Crippen LogP contribution in [0.25, 0.3) is 11.0 Å². The van der Waals surface area contributed by atoms with Gasteiger partial charge in [0.1, 0.15) is 5.58 Å². The van der Waals surface area contributed by atoms with Crippen LogP contribution in [0.5, 0.6) is 0 Å². The molecule has 0 saturated carbocycles. The highest BCUT2D eigenvalue weighted by atomic mass is 35.5. The summed E-state index contributed by atoms with van der Waals surface area (Å²) in [6.45, 7) is 5.56. The molecular formula is C20H19ClN2O2. The summed E-state index contributed by atoms with van der Waals surface area (Å²) in [5, 5.41) is 1.75. The van der Waals surface area contributed by atoms with Crippen molar-refractivity contribution in [2.75, 3.05) is 36.0 Å². The topological polar surface area (TPSA) is 36.7 Å². The van der Waals surface area contributed by atoms with Crippen molar-refractivity contribution in [1.29, 1.82) is 0 Å². The molecule has 1 aromatic heterocycles. The summed E-state index contributed by atoms with van der Waals surface area (Å²) < 4.78 is 5.34. The van der Waals surface area contributed by atoms with E-state index in [2.05, 4.69) is 15.9 Å². The lowest BCUT2D eigenvalue weighted by Gasteiger charge is -2.37. The van der Waals surface area contributed by atoms with Crippen LogP contribution < -0.4 is 15.4 Å². The average Bonchev–Trinajstić information content (AvgIpc) is 2.62. The van der Waals surface area contributed by atoms with Crippen LogP contribution in [0.4, 0.5) is 11.4 Å². The maximum absolute atomic E-state index is 11.9. The number of fused-ring (bicyclic) bond motifs is 1. The van der Waals surface area contributed by atoms with Gasteiger partial charge in [0, 0.05) is 48.3 Å². The fourth-order valence-corrected chi connectivity index (χ4v) is 3.51. The molecule has 0 spiro atoms. The van der Waals surface area contributed by atoms with Crippen LogP contribution in [0.3, 0.4) is 0 Å². The lowest BCUT2D eigenvalue weighted by Crippen LogP contribution is -2.46. The van der Waals surface area contributed by atoms with Gasteiger partial charge >= 0.3 is 5.63 Å². The Hall–Kier alpha value is -2.46. The van der Waals surface area contributed by atoms with E-state index in [9.17, 15) is 4.79 Å². The molecule has 4 rings (SSSR count). The summed E-state index contributed by atoms with van der Waals surface area (Å²) in [6, 6.07) is 15.5. The first-order valence-electron chi connectivity index (χ1n) is 8.40. The lowest BCUT2D eigenvalue weighted by molar-refractivity contribution is 0.559. The van der Waals surface area contributed by atoms with Gasteiger partial charge in [0.15, 0.2) is 0 Å². The highest BCUT2D eigenvalue weighted by molar-refractivity contribution is 6.30. The molecule has 2 aromatic carbocycles. The Bertz CT molecular complexity index is 958. The normalized spacial score (nSPS) is 15.0. The number of aryl methyl sites for hydroxylation is 1. The molecule has 0 bridgehead atoms. The largest absolute Gasteiger partial charge is 0.423 e. The van der Waals surface area contributed by atoms with Crippen molar-refractivity contribution in [3.05, 3.63) is 69.5 Å². The van der Waals surface area contributed by atoms with Gasteiger partial charge in [-0.05, 0) is 43.3 Å². The minimum absolute atomic E-state index is 0.300. The summed E-state index contributed by atoms with van der Waals surface area (Å²) in [7, 11) is 0. The Morgan fingerprint density at radius 3 is 2.32 bits per heavy atom. The minimum atomic E-state index is -0.300. The van der Waals surface area contributed by atoms with E-state index in [4.69, 9.17) is 16.0 Å². The van der Waals surface area contributed by atoms with E-state index in [1.807, 2.05) is 43.3 Å². The van der Waals surface area contributed by atoms with E-state index in [1.165, 1.54) is 5.69 Å². The van der Waals surface area contributed by atoms with E-state index < -0.39 is 0 Å². The zero-order valence-electron chi connectivity index (χ0n) is 14.0. The van der Waals surface area contributed by atoms with Gasteiger partial charge in [-0.3, -0.25) is 0 Å². The minimum Gasteiger partial charge on any atom is -0.423 e.